The van der Waals surface area contributed by atoms with Crippen LogP contribution >= 0.6 is 0 Å². The van der Waals surface area contributed by atoms with Gasteiger partial charge in [-0.2, -0.15) is 0 Å². The lowest BCUT2D eigenvalue weighted by Crippen LogP contribution is -2.46. The van der Waals surface area contributed by atoms with Crippen LogP contribution in [0.15, 0.2) is 18.2 Å². The number of methoxy groups -OCH3 is 1. The van der Waals surface area contributed by atoms with Crippen LogP contribution in [0.4, 0.5) is 5.69 Å². The molecule has 0 aliphatic heterocycles. The first-order valence-corrected chi connectivity index (χ1v) is 15.9. The number of benzene rings is 1. The summed E-state index contributed by atoms with van der Waals surface area (Å²) in [5, 5.41) is 27.0. The van der Waals surface area contributed by atoms with Crippen LogP contribution in [-0.4, -0.2) is 66.6 Å². The highest BCUT2D eigenvalue weighted by Crippen LogP contribution is 2.29. The van der Waals surface area contributed by atoms with E-state index in [1.807, 2.05) is 32.0 Å². The first kappa shape index (κ1) is 36.0. The number of nitrogens with one attached hydrogen (secondary N) is 2. The zero-order chi connectivity index (χ0) is 31.2. The second-order valence-electron chi connectivity index (χ2n) is 12.7. The summed E-state index contributed by atoms with van der Waals surface area (Å²) in [6.07, 6.45) is 4.37. The van der Waals surface area contributed by atoms with E-state index in [1.165, 1.54) is 0 Å². The van der Waals surface area contributed by atoms with Gasteiger partial charge in [-0.25, -0.2) is 0 Å². The molecule has 2 rings (SSSR count). The van der Waals surface area contributed by atoms with Gasteiger partial charge in [0.1, 0.15) is 5.75 Å². The van der Waals surface area contributed by atoms with Gasteiger partial charge in [0.25, 0.3) is 0 Å². The van der Waals surface area contributed by atoms with Crippen molar-refractivity contribution in [1.82, 2.24) is 5.32 Å². The van der Waals surface area contributed by atoms with Gasteiger partial charge in [-0.15, -0.1) is 0 Å². The normalized spacial score (nSPS) is 20.2. The molecular formula is C33H57N3O6. The highest BCUT2D eigenvalue weighted by molar-refractivity contribution is 5.92. The summed E-state index contributed by atoms with van der Waals surface area (Å²) in [5.41, 5.74) is 8.26. The molecule has 1 saturated carbocycles. The molecule has 0 bridgehead atoms. The number of nitrogens with two attached hydrogens (primary N) is 1. The minimum absolute atomic E-state index is 0.0394. The maximum atomic E-state index is 13.2. The van der Waals surface area contributed by atoms with E-state index < -0.39 is 12.1 Å². The molecule has 0 aromatic heterocycles. The minimum atomic E-state index is -0.867. The third-order valence-corrected chi connectivity index (χ3v) is 8.62. The van der Waals surface area contributed by atoms with E-state index in [-0.39, 0.29) is 60.5 Å². The number of aryl methyl sites for hydroxylation is 1. The van der Waals surface area contributed by atoms with Crippen molar-refractivity contribution in [3.8, 4) is 5.75 Å². The van der Waals surface area contributed by atoms with E-state index in [0.717, 1.165) is 31.2 Å². The van der Waals surface area contributed by atoms with Crippen molar-refractivity contribution in [3.05, 3.63) is 23.8 Å². The largest absolute Gasteiger partial charge is 0.491 e. The minimum Gasteiger partial charge on any atom is -0.491 e. The lowest BCUT2D eigenvalue weighted by molar-refractivity contribution is -0.128. The predicted octanol–water partition coefficient (Wildman–Crippen LogP) is 4.43. The lowest BCUT2D eigenvalue weighted by atomic mass is 9.81. The molecular weight excluding hydrogens is 534 g/mol. The molecule has 4 atom stereocenters. The molecule has 6 N–H and O–H groups in total. The molecule has 1 aromatic carbocycles. The molecule has 240 valence electrons. The van der Waals surface area contributed by atoms with Gasteiger partial charge >= 0.3 is 0 Å². The van der Waals surface area contributed by atoms with Crippen molar-refractivity contribution < 1.29 is 29.3 Å². The van der Waals surface area contributed by atoms with Gasteiger partial charge in [-0.3, -0.25) is 9.59 Å². The molecule has 2 amide bonds. The maximum absolute atomic E-state index is 13.2. The summed E-state index contributed by atoms with van der Waals surface area (Å²) < 4.78 is 11.0. The van der Waals surface area contributed by atoms with Crippen LogP contribution in [0.25, 0.3) is 0 Å². The van der Waals surface area contributed by atoms with E-state index in [2.05, 4.69) is 31.4 Å². The summed E-state index contributed by atoms with van der Waals surface area (Å²) in [5.74, 6) is 0.243. The van der Waals surface area contributed by atoms with Gasteiger partial charge in [0.05, 0.1) is 24.5 Å². The smallest absolute Gasteiger partial charge is 0.224 e. The molecule has 9 heteroatoms. The van der Waals surface area contributed by atoms with Crippen molar-refractivity contribution in [2.75, 3.05) is 25.6 Å². The molecule has 1 fully saturated rings. The zero-order valence-electron chi connectivity index (χ0n) is 26.7. The van der Waals surface area contributed by atoms with E-state index in [4.69, 9.17) is 15.2 Å². The number of carbonyl (C=O) groups is 2. The van der Waals surface area contributed by atoms with Gasteiger partial charge < -0.3 is 36.1 Å². The fourth-order valence-corrected chi connectivity index (χ4v) is 5.59. The Labute approximate surface area is 253 Å². The van der Waals surface area contributed by atoms with Gasteiger partial charge in [-0.1, -0.05) is 40.7 Å². The van der Waals surface area contributed by atoms with Crippen molar-refractivity contribution in [2.45, 2.75) is 117 Å². The van der Waals surface area contributed by atoms with Crippen LogP contribution in [0.3, 0.4) is 0 Å². The van der Waals surface area contributed by atoms with Crippen LogP contribution in [-0.2, 0) is 20.7 Å². The van der Waals surface area contributed by atoms with Crippen molar-refractivity contribution in [1.29, 1.82) is 0 Å². The average Bonchev–Trinajstić information content (AvgIpc) is 2.94. The number of aliphatic hydroxyl groups is 2. The molecule has 0 radical (unpaired) electrons. The molecule has 1 aliphatic carbocycles. The topological polar surface area (TPSA) is 143 Å². The summed E-state index contributed by atoms with van der Waals surface area (Å²) in [6, 6.07) is 5.35. The number of hydrogen-bond donors (Lipinski definition) is 5. The van der Waals surface area contributed by atoms with Crippen LogP contribution in [0.2, 0.25) is 0 Å². The zero-order valence-corrected chi connectivity index (χ0v) is 26.7. The number of ether oxygens (including phenoxy) is 2. The van der Waals surface area contributed by atoms with E-state index in [1.54, 1.807) is 7.11 Å². The van der Waals surface area contributed by atoms with Crippen LogP contribution in [0, 0.1) is 23.7 Å². The molecule has 9 nitrogen and oxygen atoms in total. The Morgan fingerprint density at radius 2 is 1.74 bits per heavy atom. The lowest BCUT2D eigenvalue weighted by Gasteiger charge is -2.31. The Bertz CT molecular complexity index is 948. The first-order valence-electron chi connectivity index (χ1n) is 15.9. The van der Waals surface area contributed by atoms with E-state index in [0.29, 0.717) is 43.9 Å². The second kappa shape index (κ2) is 18.5. The van der Waals surface area contributed by atoms with Crippen molar-refractivity contribution in [2.24, 2.45) is 29.4 Å². The predicted molar refractivity (Wildman–Crippen MR) is 167 cm³/mol. The highest BCUT2D eigenvalue weighted by Gasteiger charge is 2.32. The number of rotatable bonds is 18. The maximum Gasteiger partial charge on any atom is 0.224 e. The summed E-state index contributed by atoms with van der Waals surface area (Å²) in [7, 11) is 1.66. The molecule has 1 aromatic rings. The third-order valence-electron chi connectivity index (χ3n) is 8.62. The number of anilines is 1. The Balaban J connectivity index is 1.98. The third kappa shape index (κ3) is 12.2. The Morgan fingerprint density at radius 3 is 2.33 bits per heavy atom. The van der Waals surface area contributed by atoms with E-state index in [9.17, 15) is 19.8 Å². The Morgan fingerprint density at radius 1 is 1.05 bits per heavy atom. The molecule has 42 heavy (non-hydrogen) atoms. The quantitative estimate of drug-likeness (QED) is 0.159. The van der Waals surface area contributed by atoms with Crippen LogP contribution in [0.5, 0.6) is 5.75 Å². The summed E-state index contributed by atoms with van der Waals surface area (Å²) >= 11 is 0. The van der Waals surface area contributed by atoms with Gasteiger partial charge in [-0.05, 0) is 80.4 Å². The average molecular weight is 592 g/mol. The second-order valence-corrected chi connectivity index (χ2v) is 12.7. The fourth-order valence-electron chi connectivity index (χ4n) is 5.59. The van der Waals surface area contributed by atoms with Gasteiger partial charge in [0, 0.05) is 44.6 Å². The number of hydrogen-bond acceptors (Lipinski definition) is 7. The SMILES string of the molecule is CCc1ccc(OCCCOC)c(NC(=O)C[C@@H](C[C@H](N)[C@@H](O)C[C@H](C(=O)NC2CCC(O)CC2)C(C)C)C(C)C)c1. The molecule has 1 aliphatic rings. The van der Waals surface area contributed by atoms with Crippen molar-refractivity contribution >= 4 is 17.5 Å². The standard InChI is InChI=1S/C33H57N3O6/c1-7-23-9-14-31(42-16-8-15-41-6)29(17-23)36-32(39)19-24(21(2)3)18-28(34)30(38)20-27(22(4)5)33(40)35-25-10-12-26(37)13-11-25/h9,14,17,21-22,24-28,30,37-38H,7-8,10-13,15-16,18-20,34H2,1-6H3,(H,35,40)(H,36,39)/t24-,25?,26?,27+,28+,30+/m1/s1. The summed E-state index contributed by atoms with van der Waals surface area (Å²) in [4.78, 5) is 26.3. The number of amides is 2. The van der Waals surface area contributed by atoms with Crippen LogP contribution < -0.4 is 21.1 Å². The fraction of sp³-hybridized carbons (Fsp3) is 0.758. The van der Waals surface area contributed by atoms with Gasteiger partial charge in [0.2, 0.25) is 11.8 Å². The number of aliphatic hydroxyl groups excluding tert-OH is 2. The highest BCUT2D eigenvalue weighted by atomic mass is 16.5. The molecule has 0 spiro atoms. The number of carbonyl (C=O) groups excluding carboxylic acids is 2. The van der Waals surface area contributed by atoms with Gasteiger partial charge in [0.15, 0.2) is 0 Å². The molecule has 0 saturated heterocycles. The Kier molecular flexibility index (Phi) is 15.8. The molecule has 0 heterocycles. The van der Waals surface area contributed by atoms with E-state index >= 15 is 0 Å². The summed E-state index contributed by atoms with van der Waals surface area (Å²) in [6.45, 7) is 11.2. The monoisotopic (exact) mass is 591 g/mol. The van der Waals surface area contributed by atoms with Crippen LogP contribution in [0.1, 0.15) is 91.5 Å². The first-order chi connectivity index (χ1) is 19.9. The molecule has 0 unspecified atom stereocenters. The van der Waals surface area contributed by atoms with Crippen molar-refractivity contribution in [3.63, 3.8) is 0 Å². The Hall–Kier alpha value is -2.20.